The number of amidine groups is 1. The van der Waals surface area contributed by atoms with E-state index < -0.39 is 0 Å². The molecule has 1 aliphatic rings. The lowest BCUT2D eigenvalue weighted by Gasteiger charge is -2.32. The van der Waals surface area contributed by atoms with Crippen LogP contribution < -0.4 is 10.6 Å². The zero-order chi connectivity index (χ0) is 37.5. The summed E-state index contributed by atoms with van der Waals surface area (Å²) in [5, 5.41) is 14.8. The lowest BCUT2D eigenvalue weighted by molar-refractivity contribution is 0.411. The number of hydrogen-bond donors (Lipinski definition) is 2. The van der Waals surface area contributed by atoms with E-state index >= 15 is 0 Å². The molecule has 5 nitrogen and oxygen atoms in total. The molecule has 0 aliphatic carbocycles. The number of furan rings is 1. The third-order valence-electron chi connectivity index (χ3n) is 11.5. The monoisotopic (exact) mass is 750 g/mol. The molecule has 1 aliphatic heterocycles. The Labute approximate surface area is 332 Å². The Bertz CT molecular complexity index is 3320. The molecule has 0 fully saturated rings. The minimum Gasteiger partial charge on any atom is -0.455 e. The number of hydrogen-bond acceptors (Lipinski definition) is 5. The van der Waals surface area contributed by atoms with Crippen LogP contribution in [0.15, 0.2) is 191 Å². The number of nitrogens with one attached hydrogen (secondary N) is 2. The van der Waals surface area contributed by atoms with Crippen molar-refractivity contribution in [3.8, 4) is 16.8 Å². The van der Waals surface area contributed by atoms with Crippen molar-refractivity contribution in [2.45, 2.75) is 12.3 Å². The molecule has 11 aromatic rings. The predicted octanol–water partition coefficient (Wildman–Crippen LogP) is 13.1. The van der Waals surface area contributed by atoms with Crippen LogP contribution in [0.4, 0.5) is 0 Å². The lowest BCUT2D eigenvalue weighted by atomic mass is 10.00. The average Bonchev–Trinajstić information content (AvgIpc) is 3.96. The number of thiophene rings is 1. The van der Waals surface area contributed by atoms with Crippen LogP contribution in [-0.4, -0.2) is 10.4 Å². The number of fused-ring (bicyclic) bond motifs is 9. The van der Waals surface area contributed by atoms with Gasteiger partial charge in [-0.25, -0.2) is 4.99 Å². The highest BCUT2D eigenvalue weighted by molar-refractivity contribution is 7.26. The van der Waals surface area contributed by atoms with Gasteiger partial charge in [0.2, 0.25) is 0 Å². The second-order valence-electron chi connectivity index (χ2n) is 14.8. The quantitative estimate of drug-likeness (QED) is 0.184. The van der Waals surface area contributed by atoms with Gasteiger partial charge in [0, 0.05) is 64.1 Å². The van der Waals surface area contributed by atoms with Crippen LogP contribution in [0.5, 0.6) is 0 Å². The number of nitrogens with zero attached hydrogens (tertiary/aromatic N) is 2. The smallest absolute Gasteiger partial charge is 0.143 e. The van der Waals surface area contributed by atoms with E-state index in [-0.39, 0.29) is 12.3 Å². The number of aromatic nitrogens is 1. The summed E-state index contributed by atoms with van der Waals surface area (Å²) in [7, 11) is 0. The highest BCUT2D eigenvalue weighted by Crippen LogP contribution is 2.43. The highest BCUT2D eigenvalue weighted by atomic mass is 32.1. The fraction of sp³-hybridized carbons (Fsp3) is 0.0392. The standard InChI is InChI=1S/C51H34N4OS/c1-3-13-31(14-4-1)49-52-50(32-15-5-2-6-16-32)54-51(53-49)41-22-12-21-40-38-27-25-33(29-46(38)57-48(40)41)35-19-11-20-39-42-30-34(26-28-45(42)56-47(35)39)55-43-23-9-7-17-36(43)37-18-8-10-24-44(37)55/h1-30,49,51,53H,(H,52,54). The van der Waals surface area contributed by atoms with E-state index in [0.717, 1.165) is 55.7 Å². The number of benzene rings is 8. The van der Waals surface area contributed by atoms with E-state index in [1.165, 1.54) is 47.5 Å². The number of aliphatic imine (C=N–C) groups is 1. The largest absolute Gasteiger partial charge is 0.455 e. The molecule has 0 bridgehead atoms. The first-order valence-corrected chi connectivity index (χ1v) is 20.2. The SMILES string of the molecule is c1ccc(C2=NC(c3ccccc3)NC(c3cccc4c3sc3cc(-c5cccc6c5oc5ccc(-n7c8ccccc8c8ccccc87)cc56)ccc34)N2)cc1. The minimum atomic E-state index is -0.189. The first-order valence-electron chi connectivity index (χ1n) is 19.4. The van der Waals surface area contributed by atoms with Crippen molar-refractivity contribution in [2.75, 3.05) is 0 Å². The molecular formula is C51H34N4OS. The summed E-state index contributed by atoms with van der Waals surface area (Å²) >= 11 is 1.84. The molecule has 12 rings (SSSR count). The van der Waals surface area contributed by atoms with E-state index in [1.807, 2.05) is 17.4 Å². The first-order chi connectivity index (χ1) is 28.2. The summed E-state index contributed by atoms with van der Waals surface area (Å²) < 4.78 is 11.6. The molecule has 2 N–H and O–H groups in total. The van der Waals surface area contributed by atoms with Gasteiger partial charge in [0.25, 0.3) is 0 Å². The zero-order valence-electron chi connectivity index (χ0n) is 30.7. The summed E-state index contributed by atoms with van der Waals surface area (Å²) in [6, 6.07) is 64.8. The summed E-state index contributed by atoms with van der Waals surface area (Å²) in [5.74, 6) is 0.884. The van der Waals surface area contributed by atoms with Gasteiger partial charge in [-0.15, -0.1) is 11.3 Å². The zero-order valence-corrected chi connectivity index (χ0v) is 31.5. The maximum absolute atomic E-state index is 6.71. The first kappa shape index (κ1) is 32.3. The maximum atomic E-state index is 6.71. The van der Waals surface area contributed by atoms with E-state index in [1.54, 1.807) is 0 Å². The van der Waals surface area contributed by atoms with Crippen molar-refractivity contribution in [2.24, 2.45) is 4.99 Å². The van der Waals surface area contributed by atoms with Crippen LogP contribution in [0.1, 0.15) is 29.0 Å². The molecule has 0 saturated carbocycles. The second-order valence-corrected chi connectivity index (χ2v) is 15.8. The molecule has 4 heterocycles. The van der Waals surface area contributed by atoms with Crippen LogP contribution >= 0.6 is 11.3 Å². The van der Waals surface area contributed by atoms with Gasteiger partial charge in [-0.2, -0.15) is 0 Å². The Morgan fingerprint density at radius 1 is 0.544 bits per heavy atom. The Morgan fingerprint density at radius 3 is 2.05 bits per heavy atom. The fourth-order valence-corrected chi connectivity index (χ4v) is 10.1. The molecule has 2 atom stereocenters. The summed E-state index contributed by atoms with van der Waals surface area (Å²) in [6.07, 6.45) is -0.331. The van der Waals surface area contributed by atoms with Gasteiger partial charge in [0.05, 0.1) is 11.0 Å². The van der Waals surface area contributed by atoms with E-state index in [0.29, 0.717) is 0 Å². The highest BCUT2D eigenvalue weighted by Gasteiger charge is 2.27. The Kier molecular flexibility index (Phi) is 7.24. The van der Waals surface area contributed by atoms with Gasteiger partial charge in [-0.1, -0.05) is 146 Å². The topological polar surface area (TPSA) is 54.5 Å². The fourth-order valence-electron chi connectivity index (χ4n) is 8.84. The van der Waals surface area contributed by atoms with Crippen molar-refractivity contribution in [3.05, 3.63) is 199 Å². The predicted molar refractivity (Wildman–Crippen MR) is 238 cm³/mol. The Hall–Kier alpha value is -6.99. The van der Waals surface area contributed by atoms with Gasteiger partial charge in [-0.3, -0.25) is 5.32 Å². The summed E-state index contributed by atoms with van der Waals surface area (Å²) in [4.78, 5) is 5.14. The van der Waals surface area contributed by atoms with E-state index in [9.17, 15) is 0 Å². The van der Waals surface area contributed by atoms with Gasteiger partial charge in [0.15, 0.2) is 0 Å². The molecule has 6 heteroatoms. The normalized spacial score (nSPS) is 15.9. The molecule has 8 aromatic carbocycles. The van der Waals surface area contributed by atoms with Gasteiger partial charge < -0.3 is 14.3 Å². The molecule has 0 radical (unpaired) electrons. The van der Waals surface area contributed by atoms with Crippen molar-refractivity contribution in [1.82, 2.24) is 15.2 Å². The van der Waals surface area contributed by atoms with Crippen molar-refractivity contribution < 1.29 is 4.42 Å². The molecule has 57 heavy (non-hydrogen) atoms. The van der Waals surface area contributed by atoms with Crippen molar-refractivity contribution in [1.29, 1.82) is 0 Å². The van der Waals surface area contributed by atoms with Crippen molar-refractivity contribution in [3.63, 3.8) is 0 Å². The lowest BCUT2D eigenvalue weighted by Crippen LogP contribution is -2.45. The van der Waals surface area contributed by atoms with Crippen molar-refractivity contribution >= 4 is 81.1 Å². The van der Waals surface area contributed by atoms with Crippen LogP contribution in [0.25, 0.3) is 80.7 Å². The molecule has 0 spiro atoms. The average molecular weight is 751 g/mol. The third-order valence-corrected chi connectivity index (χ3v) is 12.7. The Morgan fingerprint density at radius 2 is 1.25 bits per heavy atom. The number of rotatable bonds is 5. The van der Waals surface area contributed by atoms with Crippen LogP contribution in [0, 0.1) is 0 Å². The van der Waals surface area contributed by atoms with Crippen LogP contribution in [0.3, 0.4) is 0 Å². The third kappa shape index (κ3) is 5.15. The van der Waals surface area contributed by atoms with E-state index in [2.05, 4.69) is 191 Å². The minimum absolute atomic E-state index is 0.143. The Balaban J connectivity index is 0.953. The van der Waals surface area contributed by atoms with Gasteiger partial charge in [-0.05, 0) is 47.5 Å². The second kappa shape index (κ2) is 12.8. The van der Waals surface area contributed by atoms with Crippen LogP contribution in [-0.2, 0) is 0 Å². The van der Waals surface area contributed by atoms with Crippen LogP contribution in [0.2, 0.25) is 0 Å². The molecule has 0 saturated heterocycles. The van der Waals surface area contributed by atoms with Gasteiger partial charge >= 0.3 is 0 Å². The summed E-state index contributed by atoms with van der Waals surface area (Å²) in [5.41, 5.74) is 10.9. The van der Waals surface area contributed by atoms with Gasteiger partial charge in [0.1, 0.15) is 29.3 Å². The molecule has 270 valence electrons. The molecule has 0 amide bonds. The number of para-hydroxylation sites is 3. The molecule has 2 unspecified atom stereocenters. The molecule has 3 aromatic heterocycles. The summed E-state index contributed by atoms with van der Waals surface area (Å²) in [6.45, 7) is 0. The molecular weight excluding hydrogens is 717 g/mol. The van der Waals surface area contributed by atoms with E-state index in [4.69, 9.17) is 9.41 Å². The maximum Gasteiger partial charge on any atom is 0.143 e.